The summed E-state index contributed by atoms with van der Waals surface area (Å²) in [6, 6.07) is 4.32. The van der Waals surface area contributed by atoms with E-state index >= 15 is 0 Å². The Morgan fingerprint density at radius 3 is 2.76 bits per heavy atom. The maximum absolute atomic E-state index is 13.5. The van der Waals surface area contributed by atoms with Gasteiger partial charge in [0.1, 0.15) is 5.01 Å². The zero-order valence-electron chi connectivity index (χ0n) is 9.61. The van der Waals surface area contributed by atoms with Gasteiger partial charge in [0.25, 0.3) is 0 Å². The monoisotopic (exact) mass is 252 g/mol. The zero-order chi connectivity index (χ0) is 12.4. The van der Waals surface area contributed by atoms with E-state index in [1.165, 1.54) is 24.5 Å². The van der Waals surface area contributed by atoms with E-state index < -0.39 is 11.9 Å². The van der Waals surface area contributed by atoms with Crippen LogP contribution in [-0.2, 0) is 0 Å². The number of thiazole rings is 1. The van der Waals surface area contributed by atoms with E-state index in [0.717, 1.165) is 10.7 Å². The molecule has 0 aliphatic carbocycles. The molecule has 1 aromatic heterocycles. The SMILES string of the molecule is COc1ccc(C(N)c2nc(C)cs2)cc1F. The summed E-state index contributed by atoms with van der Waals surface area (Å²) in [5, 5.41) is 2.71. The standard InChI is InChI=1S/C12H13FN2OS/c1-7-6-17-12(15-7)11(14)8-3-4-10(16-2)9(13)5-8/h3-6,11H,14H2,1-2H3. The Labute approximate surface area is 103 Å². The van der Waals surface area contributed by atoms with Gasteiger partial charge in [-0.1, -0.05) is 6.07 Å². The van der Waals surface area contributed by atoms with Gasteiger partial charge >= 0.3 is 0 Å². The smallest absolute Gasteiger partial charge is 0.165 e. The highest BCUT2D eigenvalue weighted by atomic mass is 32.1. The summed E-state index contributed by atoms with van der Waals surface area (Å²) >= 11 is 1.48. The lowest BCUT2D eigenvalue weighted by molar-refractivity contribution is 0.386. The first-order chi connectivity index (χ1) is 8.11. The second-order valence-corrected chi connectivity index (χ2v) is 4.59. The van der Waals surface area contributed by atoms with Crippen LogP contribution < -0.4 is 10.5 Å². The summed E-state index contributed by atoms with van der Waals surface area (Å²) in [5.41, 5.74) is 7.65. The summed E-state index contributed by atoms with van der Waals surface area (Å²) in [6.45, 7) is 1.90. The number of hydrogen-bond acceptors (Lipinski definition) is 4. The van der Waals surface area contributed by atoms with Crippen LogP contribution in [0.3, 0.4) is 0 Å². The fraction of sp³-hybridized carbons (Fsp3) is 0.250. The van der Waals surface area contributed by atoms with Crippen molar-refractivity contribution in [2.75, 3.05) is 7.11 Å². The van der Waals surface area contributed by atoms with E-state index in [1.54, 1.807) is 12.1 Å². The molecule has 17 heavy (non-hydrogen) atoms. The Hall–Kier alpha value is -1.46. The van der Waals surface area contributed by atoms with Gasteiger partial charge < -0.3 is 10.5 Å². The van der Waals surface area contributed by atoms with Crippen molar-refractivity contribution < 1.29 is 9.13 Å². The van der Waals surface area contributed by atoms with Crippen molar-refractivity contribution in [3.8, 4) is 5.75 Å². The van der Waals surface area contributed by atoms with Crippen molar-refractivity contribution in [2.24, 2.45) is 5.73 Å². The highest BCUT2D eigenvalue weighted by molar-refractivity contribution is 7.09. The molecule has 1 heterocycles. The van der Waals surface area contributed by atoms with Crippen LogP contribution >= 0.6 is 11.3 Å². The molecule has 1 unspecified atom stereocenters. The van der Waals surface area contributed by atoms with Crippen molar-refractivity contribution >= 4 is 11.3 Å². The van der Waals surface area contributed by atoms with Crippen LogP contribution in [0.5, 0.6) is 5.75 Å². The molecule has 5 heteroatoms. The van der Waals surface area contributed by atoms with Crippen LogP contribution in [0.1, 0.15) is 22.3 Å². The maximum Gasteiger partial charge on any atom is 0.165 e. The van der Waals surface area contributed by atoms with Crippen LogP contribution in [0.4, 0.5) is 4.39 Å². The third-order valence-electron chi connectivity index (χ3n) is 2.44. The lowest BCUT2D eigenvalue weighted by Gasteiger charge is -2.10. The Bertz CT molecular complexity index is 527. The van der Waals surface area contributed by atoms with E-state index in [1.807, 2.05) is 12.3 Å². The van der Waals surface area contributed by atoms with E-state index in [9.17, 15) is 4.39 Å². The number of aryl methyl sites for hydroxylation is 1. The fourth-order valence-corrected chi connectivity index (χ4v) is 2.36. The van der Waals surface area contributed by atoms with Gasteiger partial charge in [0.05, 0.1) is 13.2 Å². The van der Waals surface area contributed by atoms with Gasteiger partial charge in [0, 0.05) is 11.1 Å². The first-order valence-corrected chi connectivity index (χ1v) is 6.01. The summed E-state index contributed by atoms with van der Waals surface area (Å²) in [5.74, 6) is -0.190. The lowest BCUT2D eigenvalue weighted by atomic mass is 10.1. The lowest BCUT2D eigenvalue weighted by Crippen LogP contribution is -2.12. The predicted molar refractivity (Wildman–Crippen MR) is 65.8 cm³/mol. The van der Waals surface area contributed by atoms with E-state index in [0.29, 0.717) is 5.56 Å². The molecule has 0 spiro atoms. The molecule has 0 radical (unpaired) electrons. The topological polar surface area (TPSA) is 48.1 Å². The first kappa shape index (κ1) is 12.0. The van der Waals surface area contributed by atoms with Crippen LogP contribution in [-0.4, -0.2) is 12.1 Å². The summed E-state index contributed by atoms with van der Waals surface area (Å²) in [7, 11) is 1.43. The summed E-state index contributed by atoms with van der Waals surface area (Å²) < 4.78 is 18.4. The van der Waals surface area contributed by atoms with E-state index in [-0.39, 0.29) is 5.75 Å². The molecule has 2 aromatic rings. The van der Waals surface area contributed by atoms with Crippen molar-refractivity contribution in [1.82, 2.24) is 4.98 Å². The molecule has 0 bridgehead atoms. The molecule has 3 nitrogen and oxygen atoms in total. The van der Waals surface area contributed by atoms with Crippen LogP contribution in [0.15, 0.2) is 23.6 Å². The molecule has 90 valence electrons. The fourth-order valence-electron chi connectivity index (χ4n) is 1.53. The number of hydrogen-bond donors (Lipinski definition) is 1. The first-order valence-electron chi connectivity index (χ1n) is 5.13. The minimum atomic E-state index is -0.409. The predicted octanol–water partition coefficient (Wildman–Crippen LogP) is 2.65. The molecular weight excluding hydrogens is 239 g/mol. The Morgan fingerprint density at radius 2 is 2.24 bits per heavy atom. The largest absolute Gasteiger partial charge is 0.494 e. The third-order valence-corrected chi connectivity index (χ3v) is 3.48. The van der Waals surface area contributed by atoms with Gasteiger partial charge in [-0.15, -0.1) is 11.3 Å². The number of benzene rings is 1. The Balaban J connectivity index is 2.31. The van der Waals surface area contributed by atoms with Crippen molar-refractivity contribution in [3.63, 3.8) is 0 Å². The van der Waals surface area contributed by atoms with E-state index in [4.69, 9.17) is 10.5 Å². The van der Waals surface area contributed by atoms with Gasteiger partial charge in [-0.2, -0.15) is 0 Å². The summed E-state index contributed by atoms with van der Waals surface area (Å²) in [6.07, 6.45) is 0. The van der Waals surface area contributed by atoms with Crippen LogP contribution in [0.25, 0.3) is 0 Å². The molecular formula is C12H13FN2OS. The number of nitrogens with zero attached hydrogens (tertiary/aromatic N) is 1. The van der Waals surface area contributed by atoms with Crippen LogP contribution in [0, 0.1) is 12.7 Å². The second-order valence-electron chi connectivity index (χ2n) is 3.70. The Morgan fingerprint density at radius 1 is 1.47 bits per heavy atom. The highest BCUT2D eigenvalue weighted by Crippen LogP contribution is 2.26. The highest BCUT2D eigenvalue weighted by Gasteiger charge is 2.14. The molecule has 0 saturated heterocycles. The number of methoxy groups -OCH3 is 1. The number of aromatic nitrogens is 1. The van der Waals surface area contributed by atoms with Gasteiger partial charge in [-0.05, 0) is 24.6 Å². The average Bonchev–Trinajstić information content (AvgIpc) is 2.75. The third kappa shape index (κ3) is 2.45. The molecule has 2 N–H and O–H groups in total. The molecule has 0 aliphatic rings. The van der Waals surface area contributed by atoms with Crippen molar-refractivity contribution in [2.45, 2.75) is 13.0 Å². The normalized spacial score (nSPS) is 12.5. The van der Waals surface area contributed by atoms with Gasteiger partial charge in [-0.25, -0.2) is 9.37 Å². The Kier molecular flexibility index (Phi) is 3.40. The minimum absolute atomic E-state index is 0.219. The molecule has 2 rings (SSSR count). The molecule has 0 fully saturated rings. The minimum Gasteiger partial charge on any atom is -0.494 e. The van der Waals surface area contributed by atoms with Crippen molar-refractivity contribution in [3.05, 3.63) is 45.7 Å². The second kappa shape index (κ2) is 4.81. The van der Waals surface area contributed by atoms with Gasteiger partial charge in [0.15, 0.2) is 11.6 Å². The molecule has 0 aliphatic heterocycles. The zero-order valence-corrected chi connectivity index (χ0v) is 10.4. The quantitative estimate of drug-likeness (QED) is 0.913. The van der Waals surface area contributed by atoms with Gasteiger partial charge in [-0.3, -0.25) is 0 Å². The maximum atomic E-state index is 13.5. The number of rotatable bonds is 3. The van der Waals surface area contributed by atoms with Gasteiger partial charge in [0.2, 0.25) is 0 Å². The number of nitrogens with two attached hydrogens (primary N) is 1. The molecule has 1 atom stereocenters. The number of ether oxygens (including phenoxy) is 1. The van der Waals surface area contributed by atoms with Crippen LogP contribution in [0.2, 0.25) is 0 Å². The molecule has 0 amide bonds. The molecule has 0 saturated carbocycles. The summed E-state index contributed by atoms with van der Waals surface area (Å²) in [4.78, 5) is 4.30. The van der Waals surface area contributed by atoms with E-state index in [2.05, 4.69) is 4.98 Å². The average molecular weight is 252 g/mol. The molecule has 1 aromatic carbocycles. The van der Waals surface area contributed by atoms with Crippen molar-refractivity contribution in [1.29, 1.82) is 0 Å². The number of halogens is 1.